The van der Waals surface area contributed by atoms with E-state index in [9.17, 15) is 18.0 Å². The van der Waals surface area contributed by atoms with Crippen LogP contribution in [-0.2, 0) is 6.18 Å². The monoisotopic (exact) mass is 406 g/mol. The highest BCUT2D eigenvalue weighted by Gasteiger charge is 2.30. The number of nitrogens with one attached hydrogen (secondary N) is 1. The number of alkyl halides is 3. The van der Waals surface area contributed by atoms with Crippen LogP contribution in [-0.4, -0.2) is 10.9 Å². The number of carbonyl (C=O) groups is 1. The van der Waals surface area contributed by atoms with Gasteiger partial charge in [0.1, 0.15) is 11.3 Å². The van der Waals surface area contributed by atoms with Gasteiger partial charge in [0.15, 0.2) is 0 Å². The molecule has 0 bridgehead atoms. The Kier molecular flexibility index (Phi) is 5.56. The van der Waals surface area contributed by atoms with E-state index < -0.39 is 17.6 Å². The van der Waals surface area contributed by atoms with Crippen molar-refractivity contribution in [3.8, 4) is 11.6 Å². The lowest BCUT2D eigenvalue weighted by Crippen LogP contribution is -2.14. The molecule has 1 heterocycles. The fourth-order valence-corrected chi connectivity index (χ4v) is 2.60. The number of aromatic nitrogens is 1. The third-order valence-corrected chi connectivity index (χ3v) is 4.32. The van der Waals surface area contributed by atoms with Gasteiger partial charge in [-0.3, -0.25) is 4.79 Å². The predicted octanol–water partition coefficient (Wildman–Crippen LogP) is 6.11. The van der Waals surface area contributed by atoms with Crippen LogP contribution in [0.3, 0.4) is 0 Å². The predicted molar refractivity (Wildman–Crippen MR) is 99.9 cm³/mol. The molecule has 3 rings (SSSR count). The van der Waals surface area contributed by atoms with E-state index in [1.807, 2.05) is 0 Å². The van der Waals surface area contributed by atoms with E-state index in [4.69, 9.17) is 16.3 Å². The van der Waals surface area contributed by atoms with Crippen molar-refractivity contribution >= 4 is 23.2 Å². The molecule has 0 radical (unpaired) electrons. The standard InChI is InChI=1S/C20H14ClF3N2O2/c1-12-16(21)8-3-9-17(12)26-18(27)15-7-4-10-25-19(15)28-14-6-2-5-13(11-14)20(22,23)24/h2-11H,1H3,(H,26,27). The first kappa shape index (κ1) is 19.7. The maximum atomic E-state index is 12.9. The highest BCUT2D eigenvalue weighted by Crippen LogP contribution is 2.33. The lowest BCUT2D eigenvalue weighted by atomic mass is 10.2. The zero-order valence-corrected chi connectivity index (χ0v) is 15.3. The highest BCUT2D eigenvalue weighted by atomic mass is 35.5. The van der Waals surface area contributed by atoms with Crippen molar-refractivity contribution in [1.29, 1.82) is 0 Å². The molecule has 0 atom stereocenters. The van der Waals surface area contributed by atoms with Gasteiger partial charge in [-0.1, -0.05) is 23.7 Å². The molecule has 4 nitrogen and oxygen atoms in total. The van der Waals surface area contributed by atoms with Crippen LogP contribution in [0.15, 0.2) is 60.8 Å². The van der Waals surface area contributed by atoms with Gasteiger partial charge < -0.3 is 10.1 Å². The maximum absolute atomic E-state index is 12.9. The fraction of sp³-hybridized carbons (Fsp3) is 0.100. The van der Waals surface area contributed by atoms with Crippen molar-refractivity contribution in [3.05, 3.63) is 82.5 Å². The van der Waals surface area contributed by atoms with E-state index in [-0.39, 0.29) is 17.2 Å². The number of hydrogen-bond donors (Lipinski definition) is 1. The molecular formula is C20H14ClF3N2O2. The van der Waals surface area contributed by atoms with Crippen molar-refractivity contribution in [2.24, 2.45) is 0 Å². The van der Waals surface area contributed by atoms with Crippen LogP contribution in [0.4, 0.5) is 18.9 Å². The number of pyridine rings is 1. The third-order valence-electron chi connectivity index (χ3n) is 3.91. The SMILES string of the molecule is Cc1c(Cl)cccc1NC(=O)c1cccnc1Oc1cccc(C(F)(F)F)c1. The molecule has 0 spiro atoms. The Bertz CT molecular complexity index is 1020. The second kappa shape index (κ2) is 7.90. The minimum atomic E-state index is -4.51. The quantitative estimate of drug-likeness (QED) is 0.569. The van der Waals surface area contributed by atoms with Crippen LogP contribution in [0, 0.1) is 6.92 Å². The molecule has 8 heteroatoms. The van der Waals surface area contributed by atoms with Gasteiger partial charge in [-0.05, 0) is 55.0 Å². The van der Waals surface area contributed by atoms with E-state index in [1.165, 1.54) is 30.5 Å². The molecule has 144 valence electrons. The number of nitrogens with zero attached hydrogens (tertiary/aromatic N) is 1. The van der Waals surface area contributed by atoms with Crippen molar-refractivity contribution in [3.63, 3.8) is 0 Å². The summed E-state index contributed by atoms with van der Waals surface area (Å²) in [7, 11) is 0. The minimum absolute atomic E-state index is 0.0688. The summed E-state index contributed by atoms with van der Waals surface area (Å²) in [5, 5.41) is 3.20. The molecule has 2 aromatic carbocycles. The Morgan fingerprint density at radius 3 is 2.61 bits per heavy atom. The highest BCUT2D eigenvalue weighted by molar-refractivity contribution is 6.31. The zero-order chi connectivity index (χ0) is 20.3. The number of hydrogen-bond acceptors (Lipinski definition) is 3. The Morgan fingerprint density at radius 2 is 1.86 bits per heavy atom. The molecule has 0 saturated carbocycles. The van der Waals surface area contributed by atoms with Crippen LogP contribution in [0.1, 0.15) is 21.5 Å². The van der Waals surface area contributed by atoms with E-state index in [1.54, 1.807) is 25.1 Å². The number of halogens is 4. The van der Waals surface area contributed by atoms with E-state index in [0.717, 1.165) is 12.1 Å². The number of carbonyl (C=O) groups excluding carboxylic acids is 1. The second-order valence-electron chi connectivity index (χ2n) is 5.85. The normalized spacial score (nSPS) is 11.2. The topological polar surface area (TPSA) is 51.2 Å². The molecule has 28 heavy (non-hydrogen) atoms. The first-order valence-electron chi connectivity index (χ1n) is 8.12. The molecule has 1 amide bonds. The van der Waals surface area contributed by atoms with Gasteiger partial charge in [0, 0.05) is 16.9 Å². The number of amides is 1. The van der Waals surface area contributed by atoms with Crippen LogP contribution in [0.25, 0.3) is 0 Å². The van der Waals surface area contributed by atoms with Crippen molar-refractivity contribution in [1.82, 2.24) is 4.98 Å². The first-order valence-corrected chi connectivity index (χ1v) is 8.50. The first-order chi connectivity index (χ1) is 13.3. The van der Waals surface area contributed by atoms with Gasteiger partial charge in [-0.2, -0.15) is 13.2 Å². The molecule has 1 aromatic heterocycles. The molecular weight excluding hydrogens is 393 g/mol. The molecule has 3 aromatic rings. The van der Waals surface area contributed by atoms with E-state index >= 15 is 0 Å². The lowest BCUT2D eigenvalue weighted by Gasteiger charge is -2.13. The number of rotatable bonds is 4. The average Bonchev–Trinajstić information content (AvgIpc) is 2.65. The third kappa shape index (κ3) is 4.43. The van der Waals surface area contributed by atoms with Crippen LogP contribution in [0.2, 0.25) is 5.02 Å². The largest absolute Gasteiger partial charge is 0.438 e. The Hall–Kier alpha value is -3.06. The summed E-state index contributed by atoms with van der Waals surface area (Å²) in [5.41, 5.74) is 0.397. The Morgan fingerprint density at radius 1 is 1.11 bits per heavy atom. The van der Waals surface area contributed by atoms with Gasteiger partial charge in [0.25, 0.3) is 5.91 Å². The molecule has 0 saturated heterocycles. The molecule has 1 N–H and O–H groups in total. The summed E-state index contributed by atoms with van der Waals surface area (Å²) in [4.78, 5) is 16.6. The van der Waals surface area contributed by atoms with E-state index in [2.05, 4.69) is 10.3 Å². The lowest BCUT2D eigenvalue weighted by molar-refractivity contribution is -0.137. The van der Waals surface area contributed by atoms with Crippen LogP contribution < -0.4 is 10.1 Å². The fourth-order valence-electron chi connectivity index (χ4n) is 2.43. The Labute approximate surface area is 163 Å². The summed E-state index contributed by atoms with van der Waals surface area (Å²) < 4.78 is 44.1. The minimum Gasteiger partial charge on any atom is -0.438 e. The van der Waals surface area contributed by atoms with Gasteiger partial charge in [0.2, 0.25) is 5.88 Å². The van der Waals surface area contributed by atoms with Crippen molar-refractivity contribution < 1.29 is 22.7 Å². The molecule has 0 aliphatic rings. The van der Waals surface area contributed by atoms with Crippen LogP contribution >= 0.6 is 11.6 Å². The van der Waals surface area contributed by atoms with Gasteiger partial charge >= 0.3 is 6.18 Å². The summed E-state index contributed by atoms with van der Waals surface area (Å²) in [6, 6.07) is 12.4. The van der Waals surface area contributed by atoms with Crippen molar-refractivity contribution in [2.75, 3.05) is 5.32 Å². The molecule has 0 aliphatic carbocycles. The number of anilines is 1. The molecule has 0 unspecified atom stereocenters. The average molecular weight is 407 g/mol. The Balaban J connectivity index is 1.87. The number of benzene rings is 2. The molecule has 0 fully saturated rings. The van der Waals surface area contributed by atoms with Crippen LogP contribution in [0.5, 0.6) is 11.6 Å². The summed E-state index contributed by atoms with van der Waals surface area (Å²) >= 11 is 6.05. The smallest absolute Gasteiger partial charge is 0.416 e. The molecule has 0 aliphatic heterocycles. The second-order valence-corrected chi connectivity index (χ2v) is 6.26. The number of ether oxygens (including phenoxy) is 1. The van der Waals surface area contributed by atoms with Gasteiger partial charge in [-0.15, -0.1) is 0 Å². The maximum Gasteiger partial charge on any atom is 0.416 e. The zero-order valence-electron chi connectivity index (χ0n) is 14.5. The van der Waals surface area contributed by atoms with Crippen molar-refractivity contribution in [2.45, 2.75) is 13.1 Å². The van der Waals surface area contributed by atoms with Gasteiger partial charge in [0.05, 0.1) is 5.56 Å². The summed E-state index contributed by atoms with van der Waals surface area (Å²) in [5.74, 6) is -0.721. The van der Waals surface area contributed by atoms with Gasteiger partial charge in [-0.25, -0.2) is 4.98 Å². The summed E-state index contributed by atoms with van der Waals surface area (Å²) in [6.45, 7) is 1.75. The van der Waals surface area contributed by atoms with E-state index in [0.29, 0.717) is 16.3 Å². The summed E-state index contributed by atoms with van der Waals surface area (Å²) in [6.07, 6.45) is -3.13.